The van der Waals surface area contributed by atoms with Crippen LogP contribution in [0.2, 0.25) is 0 Å². The Kier molecular flexibility index (Phi) is 2.16. The number of hydrogen-bond donors (Lipinski definition) is 4. The number of ketones is 1. The van der Waals surface area contributed by atoms with E-state index in [1.165, 1.54) is 0 Å². The maximum absolute atomic E-state index is 12.9. The lowest BCUT2D eigenvalue weighted by Crippen LogP contribution is -2.97. The molecule has 3 aliphatic carbocycles. The molecule has 4 bridgehead atoms. The Labute approximate surface area is 124 Å². The van der Waals surface area contributed by atoms with Gasteiger partial charge in [-0.25, -0.2) is 0 Å². The molecule has 0 aromatic rings. The molecule has 1 spiro atoms. The van der Waals surface area contributed by atoms with Gasteiger partial charge in [0.15, 0.2) is 5.78 Å². The van der Waals surface area contributed by atoms with Crippen LogP contribution in [0.5, 0.6) is 0 Å². The van der Waals surface area contributed by atoms with Crippen molar-refractivity contribution in [2.75, 3.05) is 0 Å². The highest BCUT2D eigenvalue weighted by Crippen LogP contribution is 2.69. The summed E-state index contributed by atoms with van der Waals surface area (Å²) in [6.07, 6.45) is 4.17. The second-order valence-corrected chi connectivity index (χ2v) is 8.28. The maximum Gasteiger partial charge on any atom is 0.160 e. The Hall–Kier alpha value is -0.530. The van der Waals surface area contributed by atoms with E-state index >= 15 is 0 Å². The van der Waals surface area contributed by atoms with E-state index < -0.39 is 33.4 Å². The smallest absolute Gasteiger partial charge is 0.160 e. The van der Waals surface area contributed by atoms with Crippen molar-refractivity contribution >= 4 is 5.78 Å². The lowest BCUT2D eigenvalue weighted by Gasteiger charge is -2.72. The first kappa shape index (κ1) is 14.1. The van der Waals surface area contributed by atoms with E-state index in [4.69, 9.17) is 27.7 Å². The number of hydrogen-bond acceptors (Lipinski definition) is 6. The molecule has 0 aromatic carbocycles. The van der Waals surface area contributed by atoms with Crippen LogP contribution in [-0.4, -0.2) is 39.1 Å². The van der Waals surface area contributed by atoms with E-state index in [1.807, 2.05) is 13.8 Å². The molecule has 6 atom stereocenters. The van der Waals surface area contributed by atoms with Crippen LogP contribution in [0.1, 0.15) is 52.4 Å². The molecule has 21 heavy (non-hydrogen) atoms. The highest BCUT2D eigenvalue weighted by molar-refractivity contribution is 5.97. The molecule has 6 nitrogen and oxygen atoms in total. The highest BCUT2D eigenvalue weighted by Gasteiger charge is 2.89. The first-order valence-corrected chi connectivity index (χ1v) is 7.89. The van der Waals surface area contributed by atoms with Crippen LogP contribution in [0.3, 0.4) is 0 Å². The second-order valence-electron chi connectivity index (χ2n) is 8.28. The van der Waals surface area contributed by atoms with Crippen molar-refractivity contribution in [1.29, 1.82) is 0 Å². The summed E-state index contributed by atoms with van der Waals surface area (Å²) < 4.78 is 6.54. The third-order valence-corrected chi connectivity index (χ3v) is 7.49. The molecule has 5 rings (SSSR count). The van der Waals surface area contributed by atoms with Crippen molar-refractivity contribution in [2.45, 2.75) is 85.7 Å². The molecule has 2 saturated heterocycles. The summed E-state index contributed by atoms with van der Waals surface area (Å²) in [5.41, 5.74) is 21.3. The minimum Gasteiger partial charge on any atom is -0.362 e. The van der Waals surface area contributed by atoms with Gasteiger partial charge in [0.25, 0.3) is 0 Å². The summed E-state index contributed by atoms with van der Waals surface area (Å²) in [7, 11) is 0. The van der Waals surface area contributed by atoms with E-state index in [-0.39, 0.29) is 12.2 Å². The van der Waals surface area contributed by atoms with Gasteiger partial charge in [-0.05, 0) is 33.1 Å². The first-order valence-electron chi connectivity index (χ1n) is 7.89. The zero-order valence-electron chi connectivity index (χ0n) is 12.9. The van der Waals surface area contributed by atoms with Gasteiger partial charge >= 0.3 is 0 Å². The van der Waals surface area contributed by atoms with E-state index in [1.54, 1.807) is 0 Å². The van der Waals surface area contributed by atoms with Crippen LogP contribution in [-0.2, 0) is 9.53 Å². The molecule has 0 radical (unpaired) electrons. The fraction of sp³-hybridized carbons (Fsp3) is 0.933. The lowest BCUT2D eigenvalue weighted by molar-refractivity contribution is -0.291. The van der Waals surface area contributed by atoms with Gasteiger partial charge in [-0.1, -0.05) is 12.8 Å². The number of Topliss-reactive ketones (excluding diaryl/α,β-unsaturated/α-hetero) is 1. The Morgan fingerprint density at radius 3 is 2.29 bits per heavy atom. The van der Waals surface area contributed by atoms with Gasteiger partial charge in [-0.3, -0.25) is 4.79 Å². The highest BCUT2D eigenvalue weighted by atomic mass is 16.5. The SMILES string of the molecule is CC1(N)C[C@]2(N)C3(N)CCCCC34CC(=O)C2(N)C1(C)O4. The van der Waals surface area contributed by atoms with Gasteiger partial charge in [0.2, 0.25) is 0 Å². The molecule has 118 valence electrons. The molecule has 5 unspecified atom stereocenters. The van der Waals surface area contributed by atoms with Crippen LogP contribution in [0.25, 0.3) is 0 Å². The number of rotatable bonds is 0. The third-order valence-electron chi connectivity index (χ3n) is 7.49. The zero-order chi connectivity index (χ0) is 15.5. The van der Waals surface area contributed by atoms with Gasteiger partial charge in [-0.2, -0.15) is 0 Å². The summed E-state index contributed by atoms with van der Waals surface area (Å²) in [6.45, 7) is 3.74. The lowest BCUT2D eigenvalue weighted by atomic mass is 9.45. The van der Waals surface area contributed by atoms with E-state index in [9.17, 15) is 4.79 Å². The van der Waals surface area contributed by atoms with Gasteiger partial charge in [0.1, 0.15) is 11.1 Å². The van der Waals surface area contributed by atoms with Gasteiger partial charge in [-0.15, -0.1) is 0 Å². The van der Waals surface area contributed by atoms with Crippen molar-refractivity contribution in [3.05, 3.63) is 0 Å². The molecule has 0 amide bonds. The largest absolute Gasteiger partial charge is 0.362 e. The fourth-order valence-corrected chi connectivity index (χ4v) is 6.09. The van der Waals surface area contributed by atoms with Crippen molar-refractivity contribution < 1.29 is 9.53 Å². The number of nitrogens with two attached hydrogens (primary N) is 4. The van der Waals surface area contributed by atoms with Gasteiger partial charge < -0.3 is 27.7 Å². The van der Waals surface area contributed by atoms with Gasteiger partial charge in [0.05, 0.1) is 16.7 Å². The minimum atomic E-state index is -1.31. The molecule has 2 aliphatic heterocycles. The molecule has 3 saturated carbocycles. The summed E-state index contributed by atoms with van der Waals surface area (Å²) in [5.74, 6) is -0.0316. The molecule has 8 N–H and O–H groups in total. The Morgan fingerprint density at radius 1 is 1.00 bits per heavy atom. The fourth-order valence-electron chi connectivity index (χ4n) is 6.09. The number of carbonyl (C=O) groups excluding carboxylic acids is 1. The van der Waals surface area contributed by atoms with Crippen molar-refractivity contribution in [3.63, 3.8) is 0 Å². The van der Waals surface area contributed by atoms with E-state index in [0.29, 0.717) is 6.42 Å². The quantitative estimate of drug-likeness (QED) is 0.466. The van der Waals surface area contributed by atoms with Crippen molar-refractivity contribution in [1.82, 2.24) is 0 Å². The predicted molar refractivity (Wildman–Crippen MR) is 78.3 cm³/mol. The van der Waals surface area contributed by atoms with Crippen molar-refractivity contribution in [3.8, 4) is 0 Å². The minimum absolute atomic E-state index is 0.0316. The van der Waals surface area contributed by atoms with E-state index in [2.05, 4.69) is 0 Å². The van der Waals surface area contributed by atoms with Crippen LogP contribution >= 0.6 is 0 Å². The van der Waals surface area contributed by atoms with Gasteiger partial charge in [0, 0.05) is 12.0 Å². The number of fused-ring (bicyclic) bond motifs is 1. The van der Waals surface area contributed by atoms with Crippen LogP contribution < -0.4 is 22.9 Å². The van der Waals surface area contributed by atoms with E-state index in [0.717, 1.165) is 25.7 Å². The normalized spacial score (nSPS) is 65.5. The monoisotopic (exact) mass is 294 g/mol. The zero-order valence-corrected chi connectivity index (χ0v) is 12.9. The Balaban J connectivity index is 2.07. The third kappa shape index (κ3) is 1.02. The molecular weight excluding hydrogens is 268 g/mol. The van der Waals surface area contributed by atoms with Crippen LogP contribution in [0.15, 0.2) is 0 Å². The molecule has 5 aliphatic rings. The average molecular weight is 294 g/mol. The molecule has 6 heteroatoms. The molecular formula is C15H26N4O2. The number of ether oxygens (including phenoxy) is 1. The Bertz CT molecular complexity index is 566. The molecule has 0 aromatic heterocycles. The summed E-state index contributed by atoms with van der Waals surface area (Å²) in [6, 6.07) is 0. The Morgan fingerprint density at radius 2 is 1.62 bits per heavy atom. The number of carbonyl (C=O) groups is 1. The first-order chi connectivity index (χ1) is 9.50. The maximum atomic E-state index is 12.9. The second kappa shape index (κ2) is 3.21. The summed E-state index contributed by atoms with van der Waals surface area (Å²) >= 11 is 0. The van der Waals surface area contributed by atoms with Crippen LogP contribution in [0.4, 0.5) is 0 Å². The molecule has 2 heterocycles. The summed E-state index contributed by atoms with van der Waals surface area (Å²) in [4.78, 5) is 12.9. The average Bonchev–Trinajstić information content (AvgIpc) is 2.46. The molecule has 5 fully saturated rings. The van der Waals surface area contributed by atoms with Crippen LogP contribution in [0, 0.1) is 0 Å². The summed E-state index contributed by atoms with van der Waals surface area (Å²) in [5, 5.41) is 0. The predicted octanol–water partition coefficient (Wildman–Crippen LogP) is -0.725. The van der Waals surface area contributed by atoms with Crippen molar-refractivity contribution in [2.24, 2.45) is 22.9 Å². The topological polar surface area (TPSA) is 130 Å². The standard InChI is InChI=1S/C15H26N4O2/c1-10(16)8-14(18)13(17)6-4-3-5-12(13)7-9(20)15(14,19)11(10,2)21-12/h3-8,16-19H2,1-2H3/t10?,11?,12?,13?,14-,15?/m0/s1.